The van der Waals surface area contributed by atoms with Gasteiger partial charge in [-0.1, -0.05) is 0 Å². The maximum absolute atomic E-state index is 13.1. The molecule has 0 saturated carbocycles. The summed E-state index contributed by atoms with van der Waals surface area (Å²) in [4.78, 5) is 0. The maximum Gasteiger partial charge on any atom is 0.387 e. The Bertz CT molecular complexity index is 652. The highest BCUT2D eigenvalue weighted by Gasteiger charge is 2.11. The monoisotopic (exact) mass is 317 g/mol. The molecule has 0 heterocycles. The van der Waals surface area contributed by atoms with Crippen LogP contribution in [0.3, 0.4) is 0 Å². The molecule has 0 saturated heterocycles. The standard InChI is InChI=1S/C15H12F5NO/c1-8-4-10(22-15(19)20)2-3-13(8)21-7-9-5-11(16)14(18)12(17)6-9/h2-6,15,21H,7H2,1H3. The second-order valence-corrected chi connectivity index (χ2v) is 4.58. The summed E-state index contributed by atoms with van der Waals surface area (Å²) in [6.07, 6.45) is 0. The quantitative estimate of drug-likeness (QED) is 0.641. The van der Waals surface area contributed by atoms with E-state index in [1.165, 1.54) is 18.2 Å². The fourth-order valence-corrected chi connectivity index (χ4v) is 1.92. The fourth-order valence-electron chi connectivity index (χ4n) is 1.92. The third kappa shape index (κ3) is 3.87. The first-order valence-corrected chi connectivity index (χ1v) is 6.29. The van der Waals surface area contributed by atoms with Crippen molar-refractivity contribution < 1.29 is 26.7 Å². The zero-order valence-electron chi connectivity index (χ0n) is 11.5. The van der Waals surface area contributed by atoms with Crippen molar-refractivity contribution in [3.05, 3.63) is 58.9 Å². The lowest BCUT2D eigenvalue weighted by atomic mass is 10.1. The number of nitrogens with one attached hydrogen (secondary N) is 1. The largest absolute Gasteiger partial charge is 0.435 e. The van der Waals surface area contributed by atoms with Crippen molar-refractivity contribution in [3.8, 4) is 5.75 Å². The second kappa shape index (κ2) is 6.64. The summed E-state index contributed by atoms with van der Waals surface area (Å²) in [6, 6.07) is 6.01. The number of hydrogen-bond acceptors (Lipinski definition) is 2. The Morgan fingerprint density at radius 1 is 1.05 bits per heavy atom. The molecule has 1 N–H and O–H groups in total. The van der Waals surface area contributed by atoms with Gasteiger partial charge in [0.2, 0.25) is 0 Å². The van der Waals surface area contributed by atoms with Crippen LogP contribution in [0, 0.1) is 24.4 Å². The van der Waals surface area contributed by atoms with Crippen LogP contribution in [0.2, 0.25) is 0 Å². The molecule has 0 spiro atoms. The number of rotatable bonds is 5. The van der Waals surface area contributed by atoms with Gasteiger partial charge < -0.3 is 10.1 Å². The van der Waals surface area contributed by atoms with Gasteiger partial charge in [-0.15, -0.1) is 0 Å². The van der Waals surface area contributed by atoms with Gasteiger partial charge in [-0.05, 0) is 48.4 Å². The molecule has 22 heavy (non-hydrogen) atoms. The molecular formula is C15H12F5NO. The number of benzene rings is 2. The first-order valence-electron chi connectivity index (χ1n) is 6.29. The summed E-state index contributed by atoms with van der Waals surface area (Å²) >= 11 is 0. The molecule has 2 aromatic carbocycles. The highest BCUT2D eigenvalue weighted by Crippen LogP contribution is 2.23. The van der Waals surface area contributed by atoms with Gasteiger partial charge in [-0.2, -0.15) is 8.78 Å². The average Bonchev–Trinajstić information content (AvgIpc) is 2.43. The molecule has 2 aromatic rings. The predicted octanol–water partition coefficient (Wildman–Crippen LogP) is 4.63. The molecule has 0 atom stereocenters. The molecule has 0 unspecified atom stereocenters. The van der Waals surface area contributed by atoms with E-state index in [0.717, 1.165) is 12.1 Å². The molecule has 0 radical (unpaired) electrons. The molecule has 2 rings (SSSR count). The van der Waals surface area contributed by atoms with Crippen LogP contribution >= 0.6 is 0 Å². The summed E-state index contributed by atoms with van der Waals surface area (Å²) in [6.45, 7) is -1.21. The predicted molar refractivity (Wildman–Crippen MR) is 71.5 cm³/mol. The van der Waals surface area contributed by atoms with Crippen molar-refractivity contribution in [2.45, 2.75) is 20.1 Å². The SMILES string of the molecule is Cc1cc(OC(F)F)ccc1NCc1cc(F)c(F)c(F)c1. The normalized spacial score (nSPS) is 10.9. The van der Waals surface area contributed by atoms with Crippen LogP contribution < -0.4 is 10.1 Å². The number of hydrogen-bond donors (Lipinski definition) is 1. The van der Waals surface area contributed by atoms with Crippen LogP contribution in [0.5, 0.6) is 5.75 Å². The Balaban J connectivity index is 2.08. The number of halogens is 5. The smallest absolute Gasteiger partial charge is 0.387 e. The Hall–Kier alpha value is -2.31. The number of alkyl halides is 2. The van der Waals surface area contributed by atoms with E-state index in [1.807, 2.05) is 0 Å². The zero-order chi connectivity index (χ0) is 16.3. The average molecular weight is 317 g/mol. The molecule has 0 amide bonds. The molecule has 118 valence electrons. The van der Waals surface area contributed by atoms with Crippen molar-refractivity contribution in [2.24, 2.45) is 0 Å². The second-order valence-electron chi connectivity index (χ2n) is 4.58. The highest BCUT2D eigenvalue weighted by molar-refractivity contribution is 5.53. The van der Waals surface area contributed by atoms with Crippen molar-refractivity contribution >= 4 is 5.69 Å². The lowest BCUT2D eigenvalue weighted by Gasteiger charge is -2.12. The summed E-state index contributed by atoms with van der Waals surface area (Å²) in [5.41, 5.74) is 1.40. The van der Waals surface area contributed by atoms with Crippen LogP contribution in [0.4, 0.5) is 27.6 Å². The van der Waals surface area contributed by atoms with Gasteiger partial charge in [-0.3, -0.25) is 0 Å². The van der Waals surface area contributed by atoms with E-state index in [4.69, 9.17) is 0 Å². The van der Waals surface area contributed by atoms with Crippen LogP contribution in [0.15, 0.2) is 30.3 Å². The maximum atomic E-state index is 13.1. The van der Waals surface area contributed by atoms with E-state index in [9.17, 15) is 22.0 Å². The Morgan fingerprint density at radius 3 is 2.23 bits per heavy atom. The van der Waals surface area contributed by atoms with E-state index in [0.29, 0.717) is 11.3 Å². The van der Waals surface area contributed by atoms with Crippen molar-refractivity contribution in [1.82, 2.24) is 0 Å². The van der Waals surface area contributed by atoms with Crippen molar-refractivity contribution in [3.63, 3.8) is 0 Å². The molecule has 0 aliphatic carbocycles. The van der Waals surface area contributed by atoms with E-state index in [2.05, 4.69) is 10.1 Å². The molecule has 7 heteroatoms. The van der Waals surface area contributed by atoms with E-state index >= 15 is 0 Å². The van der Waals surface area contributed by atoms with Crippen LogP contribution in [0.1, 0.15) is 11.1 Å². The van der Waals surface area contributed by atoms with Gasteiger partial charge in [0, 0.05) is 12.2 Å². The Morgan fingerprint density at radius 2 is 1.68 bits per heavy atom. The minimum atomic E-state index is -2.91. The summed E-state index contributed by atoms with van der Waals surface area (Å²) in [5.74, 6) is -4.05. The Kier molecular flexibility index (Phi) is 4.85. The lowest BCUT2D eigenvalue weighted by molar-refractivity contribution is -0.0498. The van der Waals surface area contributed by atoms with Gasteiger partial charge in [0.05, 0.1) is 0 Å². The molecule has 0 aliphatic heterocycles. The summed E-state index contributed by atoms with van der Waals surface area (Å²) in [7, 11) is 0. The highest BCUT2D eigenvalue weighted by atomic mass is 19.3. The first-order chi connectivity index (χ1) is 10.4. The van der Waals surface area contributed by atoms with Gasteiger partial charge in [0.25, 0.3) is 0 Å². The molecular weight excluding hydrogens is 305 g/mol. The number of ether oxygens (including phenoxy) is 1. The van der Waals surface area contributed by atoms with E-state index < -0.39 is 24.1 Å². The molecule has 0 aromatic heterocycles. The fraction of sp³-hybridized carbons (Fsp3) is 0.200. The van der Waals surface area contributed by atoms with Crippen LogP contribution in [-0.4, -0.2) is 6.61 Å². The van der Waals surface area contributed by atoms with Gasteiger partial charge >= 0.3 is 6.61 Å². The van der Waals surface area contributed by atoms with Gasteiger partial charge in [0.15, 0.2) is 17.5 Å². The third-order valence-electron chi connectivity index (χ3n) is 2.95. The van der Waals surface area contributed by atoms with Crippen LogP contribution in [-0.2, 0) is 6.54 Å². The summed E-state index contributed by atoms with van der Waals surface area (Å²) in [5, 5.41) is 2.88. The molecule has 0 bridgehead atoms. The Labute approximate surface area is 123 Å². The van der Waals surface area contributed by atoms with Crippen molar-refractivity contribution in [1.29, 1.82) is 0 Å². The van der Waals surface area contributed by atoms with Crippen LogP contribution in [0.25, 0.3) is 0 Å². The minimum absolute atomic E-state index is 0.0110. The van der Waals surface area contributed by atoms with Crippen molar-refractivity contribution in [2.75, 3.05) is 5.32 Å². The molecule has 0 fully saturated rings. The van der Waals surface area contributed by atoms with E-state index in [-0.39, 0.29) is 17.9 Å². The topological polar surface area (TPSA) is 21.3 Å². The van der Waals surface area contributed by atoms with E-state index in [1.54, 1.807) is 6.92 Å². The lowest BCUT2D eigenvalue weighted by Crippen LogP contribution is -2.05. The molecule has 0 aliphatic rings. The third-order valence-corrected chi connectivity index (χ3v) is 2.95. The minimum Gasteiger partial charge on any atom is -0.435 e. The molecule has 2 nitrogen and oxygen atoms in total. The number of aryl methyl sites for hydroxylation is 1. The summed E-state index contributed by atoms with van der Waals surface area (Å²) < 4.78 is 67.5. The van der Waals surface area contributed by atoms with Gasteiger partial charge in [-0.25, -0.2) is 13.2 Å². The number of anilines is 1. The first kappa shape index (κ1) is 16.1. The van der Waals surface area contributed by atoms with Gasteiger partial charge in [0.1, 0.15) is 5.75 Å². The zero-order valence-corrected chi connectivity index (χ0v) is 11.5.